The Kier molecular flexibility index (Phi) is 14.2. The number of aromatic nitrogens is 6. The molecule has 2 aliphatic heterocycles. The number of fused-ring (bicyclic) bond motifs is 2. The summed E-state index contributed by atoms with van der Waals surface area (Å²) >= 11 is 6.88. The van der Waals surface area contributed by atoms with E-state index in [0.717, 1.165) is 57.9 Å². The van der Waals surface area contributed by atoms with Gasteiger partial charge in [0.25, 0.3) is 5.91 Å². The first-order valence-corrected chi connectivity index (χ1v) is 20.4. The number of nitrogens with one attached hydrogen (secondary N) is 3. The number of aromatic carboxylic acids is 1. The standard InChI is InChI=1S/C20H23BrN6O.C13H9BrN4O2.C7H16N2/c1-25-12-9-16(10-13-25)26(2)19(28)14-5-7-15(8-6-14)22-20-23-18-17(21)4-3-11-27(18)24-20;14-10-2-1-7-18-11(10)16-13(17-18)15-9-5-3-8(4-6-9)12(19)20;1-8-7-3-5-9(2)6-4-7/h3-8,11,16H,9-10,12-13H2,1-2H3,(H,22,24);1-7H,(H,15,17)(H,19,20);7-8H,3-6H2,1-2H3. The van der Waals surface area contributed by atoms with E-state index in [1.165, 1.54) is 38.1 Å². The van der Waals surface area contributed by atoms with E-state index in [1.54, 1.807) is 27.4 Å². The molecule has 2 fully saturated rings. The van der Waals surface area contributed by atoms with Gasteiger partial charge in [-0.15, -0.1) is 10.2 Å². The smallest absolute Gasteiger partial charge is 0.335 e. The van der Waals surface area contributed by atoms with E-state index in [2.05, 4.69) is 98.9 Å². The largest absolute Gasteiger partial charge is 0.478 e. The van der Waals surface area contributed by atoms with Crippen molar-refractivity contribution < 1.29 is 14.7 Å². The summed E-state index contributed by atoms with van der Waals surface area (Å²) in [5, 5.41) is 27.0. The minimum Gasteiger partial charge on any atom is -0.478 e. The lowest BCUT2D eigenvalue weighted by atomic mass is 10.0. The van der Waals surface area contributed by atoms with Crippen molar-refractivity contribution in [2.75, 3.05) is 65.0 Å². The summed E-state index contributed by atoms with van der Waals surface area (Å²) in [6.07, 6.45) is 8.31. The summed E-state index contributed by atoms with van der Waals surface area (Å²) in [7, 11) is 8.27. The summed E-state index contributed by atoms with van der Waals surface area (Å²) in [6.45, 7) is 4.58. The van der Waals surface area contributed by atoms with Crippen molar-refractivity contribution in [2.45, 2.75) is 37.8 Å². The number of nitrogens with zero attached hydrogens (tertiary/aromatic N) is 9. The summed E-state index contributed by atoms with van der Waals surface area (Å²) in [4.78, 5) is 39.0. The second kappa shape index (κ2) is 19.5. The number of piperidine rings is 2. The van der Waals surface area contributed by atoms with Crippen LogP contribution in [0, 0.1) is 0 Å². The van der Waals surface area contributed by atoms with Gasteiger partial charge in [-0.05, 0) is 178 Å². The van der Waals surface area contributed by atoms with E-state index in [0.29, 0.717) is 29.1 Å². The normalized spacial score (nSPS) is 15.3. The number of halogens is 2. The Morgan fingerprint density at radius 1 is 0.702 bits per heavy atom. The number of carbonyl (C=O) groups is 2. The third-order valence-corrected chi connectivity index (χ3v) is 11.3. The molecule has 57 heavy (non-hydrogen) atoms. The maximum atomic E-state index is 12.8. The highest BCUT2D eigenvalue weighted by atomic mass is 79.9. The highest BCUT2D eigenvalue weighted by Gasteiger charge is 2.24. The molecule has 0 saturated carbocycles. The number of rotatable bonds is 8. The molecule has 1 amide bonds. The van der Waals surface area contributed by atoms with Crippen LogP contribution < -0.4 is 16.0 Å². The number of carboxylic acids is 1. The molecule has 4 N–H and O–H groups in total. The van der Waals surface area contributed by atoms with Crippen LogP contribution in [-0.4, -0.2) is 127 Å². The lowest BCUT2D eigenvalue weighted by Crippen LogP contribution is -2.44. The zero-order chi connectivity index (χ0) is 40.5. The monoisotopic (exact) mass is 902 g/mol. The molecular weight excluding hydrogens is 856 g/mol. The average Bonchev–Trinajstić information content (AvgIpc) is 3.84. The Morgan fingerprint density at radius 3 is 1.56 bits per heavy atom. The van der Waals surface area contributed by atoms with Gasteiger partial charge in [0.15, 0.2) is 11.3 Å². The van der Waals surface area contributed by atoms with Crippen LogP contribution in [-0.2, 0) is 0 Å². The fourth-order valence-electron chi connectivity index (χ4n) is 6.55. The minimum atomic E-state index is -0.952. The highest BCUT2D eigenvalue weighted by Crippen LogP contribution is 2.22. The third kappa shape index (κ3) is 11.1. The van der Waals surface area contributed by atoms with Crippen molar-refractivity contribution in [3.63, 3.8) is 0 Å². The molecule has 0 unspecified atom stereocenters. The molecule has 17 heteroatoms. The van der Waals surface area contributed by atoms with E-state index in [9.17, 15) is 9.59 Å². The second-order valence-electron chi connectivity index (χ2n) is 14.1. The van der Waals surface area contributed by atoms with Crippen molar-refractivity contribution in [1.29, 1.82) is 0 Å². The van der Waals surface area contributed by atoms with Gasteiger partial charge in [-0.3, -0.25) is 4.79 Å². The number of carbonyl (C=O) groups excluding carboxylic acids is 1. The first-order chi connectivity index (χ1) is 27.5. The second-order valence-corrected chi connectivity index (χ2v) is 15.9. The lowest BCUT2D eigenvalue weighted by molar-refractivity contribution is 0.0657. The number of anilines is 4. The fraction of sp³-hybridized carbons (Fsp3) is 0.350. The van der Waals surface area contributed by atoms with Crippen LogP contribution in [0.2, 0.25) is 0 Å². The van der Waals surface area contributed by atoms with Crippen LogP contribution in [0.3, 0.4) is 0 Å². The predicted molar refractivity (Wildman–Crippen MR) is 230 cm³/mol. The first kappa shape index (κ1) is 41.7. The van der Waals surface area contributed by atoms with Crippen LogP contribution in [0.25, 0.3) is 11.3 Å². The maximum absolute atomic E-state index is 12.8. The van der Waals surface area contributed by atoms with Gasteiger partial charge in [-0.25, -0.2) is 13.8 Å². The summed E-state index contributed by atoms with van der Waals surface area (Å²) in [5.74, 6) is 0.0663. The van der Waals surface area contributed by atoms with Crippen LogP contribution in [0.15, 0.2) is 94.1 Å². The van der Waals surface area contributed by atoms with Crippen LogP contribution in [0.4, 0.5) is 23.3 Å². The van der Waals surface area contributed by atoms with Gasteiger partial charge in [-0.2, -0.15) is 9.97 Å². The zero-order valence-corrected chi connectivity index (χ0v) is 35.6. The first-order valence-electron chi connectivity index (χ1n) is 18.8. The van der Waals surface area contributed by atoms with E-state index in [1.807, 2.05) is 66.7 Å². The van der Waals surface area contributed by atoms with Gasteiger partial charge in [-0.1, -0.05) is 0 Å². The van der Waals surface area contributed by atoms with Crippen molar-refractivity contribution in [3.05, 3.63) is 105 Å². The van der Waals surface area contributed by atoms with Gasteiger partial charge in [0, 0.05) is 48.5 Å². The van der Waals surface area contributed by atoms with E-state index in [4.69, 9.17) is 5.11 Å². The van der Waals surface area contributed by atoms with E-state index >= 15 is 0 Å². The number of amides is 1. The summed E-state index contributed by atoms with van der Waals surface area (Å²) in [5.41, 5.74) is 3.94. The molecule has 0 aliphatic carbocycles. The third-order valence-electron chi connectivity index (χ3n) is 10.1. The summed E-state index contributed by atoms with van der Waals surface area (Å²) in [6, 6.07) is 22.5. The van der Waals surface area contributed by atoms with Gasteiger partial charge in [0.05, 0.1) is 14.5 Å². The van der Waals surface area contributed by atoms with Crippen LogP contribution >= 0.6 is 31.9 Å². The molecule has 2 saturated heterocycles. The van der Waals surface area contributed by atoms with Gasteiger partial charge in [0.2, 0.25) is 11.9 Å². The number of pyridine rings is 2. The molecule has 6 aromatic rings. The SMILES string of the molecule is CN1CCC(N(C)C(=O)c2ccc(Nc3nc4c(Br)cccn4n3)cc2)CC1.CNC1CCN(C)CC1.O=C(O)c1ccc(Nc2nc3c(Br)cccn3n2)cc1. The Morgan fingerprint density at radius 2 is 1.14 bits per heavy atom. The molecule has 4 aromatic heterocycles. The number of hydrogen-bond donors (Lipinski definition) is 4. The maximum Gasteiger partial charge on any atom is 0.335 e. The lowest BCUT2D eigenvalue weighted by Gasteiger charge is -2.35. The number of hydrogen-bond acceptors (Lipinski definition) is 11. The molecule has 0 spiro atoms. The zero-order valence-electron chi connectivity index (χ0n) is 32.4. The molecular formula is C40H48Br2N12O3. The van der Waals surface area contributed by atoms with Gasteiger partial charge >= 0.3 is 5.97 Å². The molecule has 8 rings (SSSR count). The quantitative estimate of drug-likeness (QED) is 0.129. The molecule has 300 valence electrons. The Hall–Kier alpha value is -4.94. The van der Waals surface area contributed by atoms with Crippen molar-refractivity contribution in [2.24, 2.45) is 0 Å². The highest BCUT2D eigenvalue weighted by molar-refractivity contribution is 9.11. The van der Waals surface area contributed by atoms with Crippen molar-refractivity contribution >= 4 is 78.3 Å². The van der Waals surface area contributed by atoms with E-state index in [-0.39, 0.29) is 11.5 Å². The van der Waals surface area contributed by atoms with Crippen molar-refractivity contribution in [1.82, 2.24) is 49.2 Å². The van der Waals surface area contributed by atoms with Crippen LogP contribution in [0.5, 0.6) is 0 Å². The van der Waals surface area contributed by atoms with Crippen LogP contribution in [0.1, 0.15) is 46.4 Å². The molecule has 2 aliphatic rings. The Labute approximate surface area is 348 Å². The average molecular weight is 905 g/mol. The Balaban J connectivity index is 0.000000164. The number of likely N-dealkylation sites (tertiary alicyclic amines) is 2. The van der Waals surface area contributed by atoms with E-state index < -0.39 is 5.97 Å². The summed E-state index contributed by atoms with van der Waals surface area (Å²) < 4.78 is 5.09. The number of carboxylic acid groups (broad SMARTS) is 1. The Bertz CT molecular complexity index is 2250. The van der Waals surface area contributed by atoms with Crippen molar-refractivity contribution in [3.8, 4) is 0 Å². The molecule has 0 radical (unpaired) electrons. The predicted octanol–water partition coefficient (Wildman–Crippen LogP) is 6.64. The number of benzene rings is 2. The van der Waals surface area contributed by atoms with Gasteiger partial charge in [0.1, 0.15) is 0 Å². The minimum absolute atomic E-state index is 0.0656. The van der Waals surface area contributed by atoms with Gasteiger partial charge < -0.3 is 35.8 Å². The molecule has 15 nitrogen and oxygen atoms in total. The molecule has 2 aromatic carbocycles. The molecule has 6 heterocycles. The topological polar surface area (TPSA) is 161 Å². The molecule has 0 bridgehead atoms. The molecule has 0 atom stereocenters. The fourth-order valence-corrected chi connectivity index (χ4v) is 7.40.